The van der Waals surface area contributed by atoms with Crippen molar-refractivity contribution in [2.45, 2.75) is 85.1 Å². The van der Waals surface area contributed by atoms with Crippen LogP contribution < -0.4 is 10.7 Å². The minimum absolute atomic E-state index is 0.320. The second-order valence-electron chi connectivity index (χ2n) is 11.9. The number of cyclic esters (lactones) is 2. The third kappa shape index (κ3) is 7.11. The van der Waals surface area contributed by atoms with E-state index in [1.807, 2.05) is 43.3 Å². The molecule has 220 valence electrons. The predicted molar refractivity (Wildman–Crippen MR) is 154 cm³/mol. The summed E-state index contributed by atoms with van der Waals surface area (Å²) >= 11 is 0. The zero-order valence-corrected chi connectivity index (χ0v) is 24.6. The Morgan fingerprint density at radius 1 is 1.05 bits per heavy atom. The zero-order valence-electron chi connectivity index (χ0n) is 24.6. The smallest absolute Gasteiger partial charge is 0.325 e. The average Bonchev–Trinajstić information content (AvgIpc) is 2.94. The second-order valence-corrected chi connectivity index (χ2v) is 11.9. The van der Waals surface area contributed by atoms with Crippen molar-refractivity contribution in [2.24, 2.45) is 11.3 Å². The highest BCUT2D eigenvalue weighted by atomic mass is 16.6. The van der Waals surface area contributed by atoms with Crippen LogP contribution >= 0.6 is 0 Å². The molecule has 2 aliphatic heterocycles. The molecule has 1 aromatic heterocycles. The monoisotopic (exact) mass is 564 g/mol. The fourth-order valence-electron chi connectivity index (χ4n) is 4.88. The van der Waals surface area contributed by atoms with Crippen LogP contribution in [-0.2, 0) is 28.7 Å². The minimum atomic E-state index is -1.08. The van der Waals surface area contributed by atoms with Crippen LogP contribution in [0.5, 0.6) is 0 Å². The molecule has 3 heterocycles. The number of pyridine rings is 1. The molecule has 10 nitrogen and oxygen atoms in total. The topological polar surface area (TPSA) is 127 Å². The summed E-state index contributed by atoms with van der Waals surface area (Å²) in [6, 6.07) is 6.14. The Balaban J connectivity index is 1.66. The van der Waals surface area contributed by atoms with E-state index in [0.717, 1.165) is 22.0 Å². The first kappa shape index (κ1) is 30.2. The number of nitrogens with zero attached hydrogens (tertiary/aromatic N) is 2. The number of nitrogens with one attached hydrogen (secondary N) is 2. The van der Waals surface area contributed by atoms with E-state index in [0.29, 0.717) is 25.8 Å². The minimum Gasteiger partial charge on any atom is -0.457 e. The average molecular weight is 565 g/mol. The van der Waals surface area contributed by atoms with Gasteiger partial charge in [0.1, 0.15) is 18.2 Å². The third-order valence-corrected chi connectivity index (χ3v) is 7.56. The van der Waals surface area contributed by atoms with Crippen LogP contribution in [-0.4, -0.2) is 58.5 Å². The molecular weight excluding hydrogens is 524 g/mol. The van der Waals surface area contributed by atoms with Gasteiger partial charge in [-0.05, 0) is 82.0 Å². The number of carbonyl (C=O) groups is 4. The Bertz CT molecular complexity index is 1350. The predicted octanol–water partition coefficient (Wildman–Crippen LogP) is 3.85. The van der Waals surface area contributed by atoms with Gasteiger partial charge in [-0.15, -0.1) is 0 Å². The highest BCUT2D eigenvalue weighted by Gasteiger charge is 2.37. The molecule has 10 heteroatoms. The summed E-state index contributed by atoms with van der Waals surface area (Å²) in [5.74, 6) is -2.24. The van der Waals surface area contributed by atoms with Gasteiger partial charge in [-0.1, -0.05) is 32.1 Å². The van der Waals surface area contributed by atoms with E-state index >= 15 is 0 Å². The van der Waals surface area contributed by atoms with Gasteiger partial charge in [0.2, 0.25) is 0 Å². The lowest BCUT2D eigenvalue weighted by Gasteiger charge is -2.35. The van der Waals surface area contributed by atoms with Gasteiger partial charge < -0.3 is 14.8 Å². The van der Waals surface area contributed by atoms with E-state index in [1.54, 1.807) is 40.8 Å². The van der Waals surface area contributed by atoms with Gasteiger partial charge in [-0.25, -0.2) is 5.43 Å². The van der Waals surface area contributed by atoms with Gasteiger partial charge in [0.25, 0.3) is 11.8 Å². The van der Waals surface area contributed by atoms with E-state index in [9.17, 15) is 19.2 Å². The maximum atomic E-state index is 13.2. The first-order chi connectivity index (χ1) is 19.4. The Labute approximate surface area is 240 Å². The van der Waals surface area contributed by atoms with Crippen LogP contribution in [0.1, 0.15) is 78.2 Å². The summed E-state index contributed by atoms with van der Waals surface area (Å²) in [6.07, 6.45) is 5.36. The molecule has 5 bridgehead atoms. The number of rotatable bonds is 1. The lowest BCUT2D eigenvalue weighted by Crippen LogP contribution is -2.60. The van der Waals surface area contributed by atoms with Gasteiger partial charge in [0.05, 0.1) is 11.1 Å². The molecule has 0 aliphatic carbocycles. The van der Waals surface area contributed by atoms with Crippen molar-refractivity contribution in [3.8, 4) is 0 Å². The number of hydrogen-bond donors (Lipinski definition) is 2. The lowest BCUT2D eigenvalue weighted by molar-refractivity contribution is -0.167. The van der Waals surface area contributed by atoms with E-state index in [4.69, 9.17) is 9.47 Å². The standard InChI is InChI=1S/C31H40N4O6/c1-18(2)26-27(36)33-19(3)28(37)35-14-8-10-25(34-35)29(38)40-20(4)21-11-12-22-17-32-24(16-23(22)15-21)9-7-13-31(5,6)30(39)41-26/h7,9,11-12,15-20,25-26,34H,8,10,13-14H2,1-6H3,(H,33,36)/b9-7+/t19-,20+,25-,26?/m0/s1. The molecule has 2 N–H and O–H groups in total. The summed E-state index contributed by atoms with van der Waals surface area (Å²) in [5, 5.41) is 5.93. The molecule has 41 heavy (non-hydrogen) atoms. The molecule has 2 aromatic rings. The molecule has 0 spiro atoms. The number of carbonyl (C=O) groups excluding carboxylic acids is 4. The summed E-state index contributed by atoms with van der Waals surface area (Å²) in [6.45, 7) is 10.8. The third-order valence-electron chi connectivity index (χ3n) is 7.56. The van der Waals surface area contributed by atoms with Crippen LogP contribution in [0.3, 0.4) is 0 Å². The SMILES string of the molecule is CC(C)C1OC(=O)C(C)(C)C/C=C/c2cc3cc(ccc3cn2)[C@@H](C)OC(=O)[C@@H]2CCCN(N2)C(=O)[C@H](C)NC1=O. The van der Waals surface area contributed by atoms with E-state index in [-0.39, 0.29) is 5.92 Å². The maximum absolute atomic E-state index is 13.2. The number of aromatic nitrogens is 1. The van der Waals surface area contributed by atoms with Crippen LogP contribution in [0.15, 0.2) is 36.5 Å². The van der Waals surface area contributed by atoms with Crippen molar-refractivity contribution in [2.75, 3.05) is 6.54 Å². The maximum Gasteiger partial charge on any atom is 0.325 e. The van der Waals surface area contributed by atoms with Crippen molar-refractivity contribution in [1.29, 1.82) is 0 Å². The number of allylic oxidation sites excluding steroid dienone is 1. The molecular formula is C31H40N4O6. The summed E-state index contributed by atoms with van der Waals surface area (Å²) in [5.41, 5.74) is 3.62. The largest absolute Gasteiger partial charge is 0.457 e. The van der Waals surface area contributed by atoms with E-state index in [1.165, 1.54) is 5.01 Å². The van der Waals surface area contributed by atoms with Crippen LogP contribution in [0, 0.1) is 11.3 Å². The number of ether oxygens (including phenoxy) is 2. The van der Waals surface area contributed by atoms with Crippen LogP contribution in [0.2, 0.25) is 0 Å². The molecule has 1 aromatic carbocycles. The fraction of sp³-hybridized carbons (Fsp3) is 0.516. The van der Waals surface area contributed by atoms with Crippen molar-refractivity contribution in [3.63, 3.8) is 0 Å². The van der Waals surface area contributed by atoms with Crippen LogP contribution in [0.4, 0.5) is 0 Å². The molecule has 1 saturated heterocycles. The summed E-state index contributed by atoms with van der Waals surface area (Å²) in [4.78, 5) is 57.1. The molecule has 0 saturated carbocycles. The number of benzene rings is 1. The van der Waals surface area contributed by atoms with Gasteiger partial charge in [-0.2, -0.15) is 0 Å². The van der Waals surface area contributed by atoms with Crippen molar-refractivity contribution >= 4 is 40.6 Å². The molecule has 1 fully saturated rings. The molecule has 4 atom stereocenters. The van der Waals surface area contributed by atoms with Crippen molar-refractivity contribution in [3.05, 3.63) is 47.8 Å². The van der Waals surface area contributed by atoms with Crippen molar-refractivity contribution in [1.82, 2.24) is 20.7 Å². The molecule has 2 amide bonds. The highest BCUT2D eigenvalue weighted by molar-refractivity contribution is 5.91. The fourth-order valence-corrected chi connectivity index (χ4v) is 4.88. The normalized spacial score (nSPS) is 27.1. The molecule has 2 aliphatic rings. The lowest BCUT2D eigenvalue weighted by atomic mass is 9.89. The summed E-state index contributed by atoms with van der Waals surface area (Å²) in [7, 11) is 0. The van der Waals surface area contributed by atoms with Gasteiger partial charge >= 0.3 is 11.9 Å². The first-order valence-corrected chi connectivity index (χ1v) is 14.2. The zero-order chi connectivity index (χ0) is 29.9. The highest BCUT2D eigenvalue weighted by Crippen LogP contribution is 2.27. The summed E-state index contributed by atoms with van der Waals surface area (Å²) < 4.78 is 11.5. The molecule has 1 unspecified atom stereocenters. The molecule has 0 radical (unpaired) electrons. The van der Waals surface area contributed by atoms with Crippen LogP contribution in [0.25, 0.3) is 16.8 Å². The second kappa shape index (κ2) is 12.4. The number of esters is 2. The quantitative estimate of drug-likeness (QED) is 0.500. The Morgan fingerprint density at radius 2 is 1.80 bits per heavy atom. The Kier molecular flexibility index (Phi) is 9.11. The van der Waals surface area contributed by atoms with Gasteiger partial charge in [0.15, 0.2) is 6.10 Å². The first-order valence-electron chi connectivity index (χ1n) is 14.2. The molecule has 4 rings (SSSR count). The Morgan fingerprint density at radius 3 is 2.54 bits per heavy atom. The van der Waals surface area contributed by atoms with Crippen molar-refractivity contribution < 1.29 is 28.7 Å². The van der Waals surface area contributed by atoms with E-state index < -0.39 is 53.5 Å². The number of amides is 2. The Hall–Kier alpha value is -3.79. The number of fused-ring (bicyclic) bond motifs is 4. The van der Waals surface area contributed by atoms with Gasteiger partial charge in [0, 0.05) is 18.1 Å². The number of hydrogen-bond acceptors (Lipinski definition) is 8. The van der Waals surface area contributed by atoms with E-state index in [2.05, 4.69) is 15.7 Å². The van der Waals surface area contributed by atoms with Gasteiger partial charge in [-0.3, -0.25) is 29.2 Å². The number of hydrazine groups is 1.